The lowest BCUT2D eigenvalue weighted by molar-refractivity contribution is -0.474. The van der Waals surface area contributed by atoms with Gasteiger partial charge in [0.25, 0.3) is 0 Å². The molecule has 0 saturated heterocycles. The van der Waals surface area contributed by atoms with Gasteiger partial charge in [0.2, 0.25) is 0 Å². The summed E-state index contributed by atoms with van der Waals surface area (Å²) in [5.74, 6) is -2.30. The molecule has 2 fully saturated rings. The first-order chi connectivity index (χ1) is 13.4. The molecule has 0 aliphatic heterocycles. The molecule has 0 spiro atoms. The second kappa shape index (κ2) is 7.94. The molecule has 2 aliphatic rings. The summed E-state index contributed by atoms with van der Waals surface area (Å²) in [5, 5.41) is 0. The first-order valence-corrected chi connectivity index (χ1v) is 9.69. The highest BCUT2D eigenvalue weighted by Gasteiger charge is 2.92. The minimum absolute atomic E-state index is 0.196. The van der Waals surface area contributed by atoms with Crippen molar-refractivity contribution >= 4 is 0 Å². The van der Waals surface area contributed by atoms with Crippen LogP contribution in [0.15, 0.2) is 0 Å². The molecule has 1 atom stereocenters. The molecule has 12 heteroatoms. The van der Waals surface area contributed by atoms with Crippen molar-refractivity contribution in [2.45, 2.75) is 88.9 Å². The van der Waals surface area contributed by atoms with E-state index in [1.54, 1.807) is 0 Å². The van der Waals surface area contributed by atoms with Crippen LogP contribution in [0.1, 0.15) is 64.2 Å². The third-order valence-corrected chi connectivity index (χ3v) is 6.93. The van der Waals surface area contributed by atoms with Crippen LogP contribution in [0.25, 0.3) is 0 Å². The van der Waals surface area contributed by atoms with Crippen LogP contribution >= 0.6 is 0 Å². The zero-order valence-corrected chi connectivity index (χ0v) is 15.8. The number of halogens is 12. The molecule has 0 bridgehead atoms. The molecule has 30 heavy (non-hydrogen) atoms. The fourth-order valence-corrected chi connectivity index (χ4v) is 5.50. The van der Waals surface area contributed by atoms with Gasteiger partial charge in [-0.1, -0.05) is 51.4 Å². The molecule has 0 nitrogen and oxygen atoms in total. The molecular weight excluding hydrogens is 444 g/mol. The molecule has 178 valence electrons. The van der Waals surface area contributed by atoms with Gasteiger partial charge in [0.1, 0.15) is 0 Å². The van der Waals surface area contributed by atoms with E-state index < -0.39 is 73.1 Å². The summed E-state index contributed by atoms with van der Waals surface area (Å²) in [5.41, 5.74) is -11.9. The van der Waals surface area contributed by atoms with Gasteiger partial charge < -0.3 is 0 Å². The zero-order valence-electron chi connectivity index (χ0n) is 15.8. The summed E-state index contributed by atoms with van der Waals surface area (Å²) < 4.78 is 166. The van der Waals surface area contributed by atoms with Gasteiger partial charge in [0, 0.05) is 0 Å². The number of hydrogen-bond donors (Lipinski definition) is 0. The molecule has 0 heterocycles. The van der Waals surface area contributed by atoms with Crippen molar-refractivity contribution in [2.75, 3.05) is 0 Å². The standard InChI is InChI=1S/C18H22F12/c19-15(20,21)13(16(22,23)24)9-5-8-12(11-6-3-1-2-4-7-11)10-14(13,17(25,26)27)18(28,29)30/h11-12H,1-10H2. The summed E-state index contributed by atoms with van der Waals surface area (Å²) in [6, 6.07) is 0. The summed E-state index contributed by atoms with van der Waals surface area (Å²) in [6.45, 7) is 0. The van der Waals surface area contributed by atoms with E-state index in [2.05, 4.69) is 0 Å². The van der Waals surface area contributed by atoms with E-state index in [-0.39, 0.29) is 12.8 Å². The van der Waals surface area contributed by atoms with Gasteiger partial charge in [-0.3, -0.25) is 0 Å². The van der Waals surface area contributed by atoms with Crippen molar-refractivity contribution < 1.29 is 52.7 Å². The molecule has 0 radical (unpaired) electrons. The lowest BCUT2D eigenvalue weighted by atomic mass is 9.56. The molecule has 2 saturated carbocycles. The first kappa shape index (κ1) is 25.4. The first-order valence-electron chi connectivity index (χ1n) is 9.69. The van der Waals surface area contributed by atoms with Crippen LogP contribution < -0.4 is 0 Å². The summed E-state index contributed by atoms with van der Waals surface area (Å²) in [7, 11) is 0. The Balaban J connectivity index is 2.79. The van der Waals surface area contributed by atoms with Gasteiger partial charge in [0.05, 0.1) is 0 Å². The Morgan fingerprint density at radius 2 is 0.800 bits per heavy atom. The largest absolute Gasteiger partial charge is 0.404 e. The predicted molar refractivity (Wildman–Crippen MR) is 82.2 cm³/mol. The van der Waals surface area contributed by atoms with Gasteiger partial charge >= 0.3 is 24.7 Å². The van der Waals surface area contributed by atoms with Crippen LogP contribution in [0.4, 0.5) is 52.7 Å². The van der Waals surface area contributed by atoms with Crippen LogP contribution in [0.2, 0.25) is 0 Å². The fourth-order valence-electron chi connectivity index (χ4n) is 5.50. The Hall–Kier alpha value is -0.840. The minimum atomic E-state index is -6.80. The van der Waals surface area contributed by atoms with E-state index in [0.29, 0.717) is 25.7 Å². The van der Waals surface area contributed by atoms with E-state index in [0.717, 1.165) is 0 Å². The lowest BCUT2D eigenvalue weighted by Gasteiger charge is -2.52. The smallest absolute Gasteiger partial charge is 0.170 e. The van der Waals surface area contributed by atoms with Gasteiger partial charge in [-0.25, -0.2) is 0 Å². The normalized spacial score (nSPS) is 27.4. The second-order valence-electron chi connectivity index (χ2n) is 8.41. The molecule has 2 aliphatic carbocycles. The third-order valence-electron chi connectivity index (χ3n) is 6.93. The van der Waals surface area contributed by atoms with Gasteiger partial charge in [0.15, 0.2) is 10.8 Å². The fraction of sp³-hybridized carbons (Fsp3) is 1.00. The molecule has 0 aromatic heterocycles. The highest BCUT2D eigenvalue weighted by Crippen LogP contribution is 2.75. The van der Waals surface area contributed by atoms with Gasteiger partial charge in [-0.05, 0) is 24.7 Å². The van der Waals surface area contributed by atoms with Crippen LogP contribution in [0.3, 0.4) is 0 Å². The quantitative estimate of drug-likeness (QED) is 0.269. The average Bonchev–Trinajstić information content (AvgIpc) is 2.90. The maximum absolute atomic E-state index is 13.9. The van der Waals surface area contributed by atoms with Crippen LogP contribution in [0, 0.1) is 22.7 Å². The van der Waals surface area contributed by atoms with E-state index in [4.69, 9.17) is 0 Å². The Bertz CT molecular complexity index is 544. The van der Waals surface area contributed by atoms with Crippen molar-refractivity contribution in [3.63, 3.8) is 0 Å². The Morgan fingerprint density at radius 3 is 1.17 bits per heavy atom. The SMILES string of the molecule is FC(F)(F)C1(C(F)(F)F)CCCC(C2CCCCCC2)CC1(C(F)(F)F)C(F)(F)F. The van der Waals surface area contributed by atoms with E-state index in [1.807, 2.05) is 0 Å². The predicted octanol–water partition coefficient (Wildman–Crippen LogP) is 8.37. The van der Waals surface area contributed by atoms with Gasteiger partial charge in [-0.2, -0.15) is 52.7 Å². The molecule has 0 aromatic carbocycles. The monoisotopic (exact) mass is 466 g/mol. The zero-order chi connectivity index (χ0) is 23.2. The van der Waals surface area contributed by atoms with Crippen molar-refractivity contribution in [1.29, 1.82) is 0 Å². The van der Waals surface area contributed by atoms with Crippen molar-refractivity contribution in [2.24, 2.45) is 22.7 Å². The number of alkyl halides is 12. The Morgan fingerprint density at radius 1 is 0.433 bits per heavy atom. The summed E-state index contributed by atoms with van der Waals surface area (Å²) >= 11 is 0. The van der Waals surface area contributed by atoms with E-state index in [9.17, 15) is 52.7 Å². The molecule has 0 N–H and O–H groups in total. The molecule has 0 aromatic rings. The van der Waals surface area contributed by atoms with E-state index in [1.165, 1.54) is 0 Å². The maximum Gasteiger partial charge on any atom is 0.404 e. The second-order valence-corrected chi connectivity index (χ2v) is 8.41. The van der Waals surface area contributed by atoms with Crippen LogP contribution in [-0.4, -0.2) is 24.7 Å². The molecule has 0 amide bonds. The average molecular weight is 466 g/mol. The van der Waals surface area contributed by atoms with Crippen molar-refractivity contribution in [3.8, 4) is 0 Å². The molecular formula is C18H22F12. The summed E-state index contributed by atoms with van der Waals surface area (Å²) in [6.07, 6.45) is -30.7. The maximum atomic E-state index is 13.9. The topological polar surface area (TPSA) is 0 Å². The van der Waals surface area contributed by atoms with Crippen LogP contribution in [0.5, 0.6) is 0 Å². The van der Waals surface area contributed by atoms with Crippen molar-refractivity contribution in [1.82, 2.24) is 0 Å². The van der Waals surface area contributed by atoms with Crippen LogP contribution in [-0.2, 0) is 0 Å². The summed E-state index contributed by atoms with van der Waals surface area (Å²) in [4.78, 5) is 0. The Kier molecular flexibility index (Phi) is 6.73. The number of rotatable bonds is 1. The van der Waals surface area contributed by atoms with E-state index >= 15 is 0 Å². The highest BCUT2D eigenvalue weighted by atomic mass is 19.4. The molecule has 2 rings (SSSR count). The van der Waals surface area contributed by atoms with Crippen molar-refractivity contribution in [3.05, 3.63) is 0 Å². The minimum Gasteiger partial charge on any atom is -0.170 e. The molecule has 1 unspecified atom stereocenters. The van der Waals surface area contributed by atoms with Gasteiger partial charge in [-0.15, -0.1) is 0 Å². The third kappa shape index (κ3) is 3.89. The lowest BCUT2D eigenvalue weighted by Crippen LogP contribution is -2.71. The Labute approximate surface area is 165 Å². The number of hydrogen-bond acceptors (Lipinski definition) is 0. The highest BCUT2D eigenvalue weighted by molar-refractivity contribution is 5.15.